The van der Waals surface area contributed by atoms with Crippen molar-refractivity contribution in [1.82, 2.24) is 19.6 Å². The van der Waals surface area contributed by atoms with E-state index in [-0.39, 0.29) is 40.2 Å². The summed E-state index contributed by atoms with van der Waals surface area (Å²) in [6.45, 7) is 12.9. The molecule has 2 aromatic heterocycles. The van der Waals surface area contributed by atoms with Crippen LogP contribution in [0.2, 0.25) is 0 Å². The third kappa shape index (κ3) is 9.18. The second-order valence-electron chi connectivity index (χ2n) is 22.2. The number of anilines is 4. The maximum atomic E-state index is 14.8. The van der Waals surface area contributed by atoms with E-state index < -0.39 is 43.1 Å². The van der Waals surface area contributed by atoms with Gasteiger partial charge in [0.05, 0.1) is 58.6 Å². The number of nitrogens with one attached hydrogen (secondary N) is 3. The van der Waals surface area contributed by atoms with Crippen LogP contribution >= 0.6 is 0 Å². The summed E-state index contributed by atoms with van der Waals surface area (Å²) in [5.74, 6) is -0.326. The number of morpholine rings is 1. The first-order valence-electron chi connectivity index (χ1n) is 25.6. The lowest BCUT2D eigenvalue weighted by atomic mass is 9.56. The zero-order chi connectivity index (χ0) is 50.2. The SMILES string of the molecule is Cc1ccccc1[C@@H]1COCCN1C1CC2(CCN(c3ccc(C(=O)NS(=O)(=O)c4ccc(NCC5CCC(C)(O)CC5)c([N+](=O)[O-])c4)c(N4c5cc6cc[nH]c6nc5O[C@H]5COCC[C@@H]54)c3)C(C)(C)C2)C1. The molecular weight excluding hydrogens is 937 g/mol. The monoisotopic (exact) mass is 1000 g/mol. The highest BCUT2D eigenvalue weighted by molar-refractivity contribution is 7.90. The van der Waals surface area contributed by atoms with Crippen molar-refractivity contribution in [2.75, 3.05) is 61.2 Å². The Morgan fingerprint density at radius 1 is 0.944 bits per heavy atom. The van der Waals surface area contributed by atoms with Crippen molar-refractivity contribution in [1.29, 1.82) is 0 Å². The van der Waals surface area contributed by atoms with E-state index in [4.69, 9.17) is 19.2 Å². The normalized spacial score (nSPS) is 28.4. The zero-order valence-electron chi connectivity index (χ0n) is 41.6. The number of aryl methyl sites for hydroxylation is 1. The van der Waals surface area contributed by atoms with Gasteiger partial charge < -0.3 is 39.4 Å². The van der Waals surface area contributed by atoms with Gasteiger partial charge in [-0.15, -0.1) is 0 Å². The molecule has 0 bridgehead atoms. The fourth-order valence-corrected chi connectivity index (χ4v) is 14.0. The number of pyridine rings is 1. The van der Waals surface area contributed by atoms with E-state index in [0.29, 0.717) is 74.6 Å². The number of piperidine rings is 1. The molecular formula is C54H66N8O9S. The van der Waals surface area contributed by atoms with Gasteiger partial charge in [0.15, 0.2) is 0 Å². The number of carbonyl (C=O) groups excluding carboxylic acids is 1. The number of aromatic nitrogens is 2. The summed E-state index contributed by atoms with van der Waals surface area (Å²) < 4.78 is 49.3. The summed E-state index contributed by atoms with van der Waals surface area (Å²) in [5, 5.41) is 26.8. The standard InChI is InChI=1S/C54H66N8O9S/c1-34-7-5-6-8-40(34)47-31-70-24-22-59(47)38-28-54(29-38)19-21-60(52(2,3)33-54)37-9-11-41(44(26-37)61-43-16-23-69-32-48(43)71-51-46(61)25-36-15-20-55-49(36)57-51)50(63)58-72(67,68)39-10-12-42(45(27-39)62(65)66)56-30-35-13-17-53(4,64)18-14-35/h5-12,15,20,25-27,35,38,43,47-48,56,64H,13-14,16-19,21-24,28-33H2,1-4H3,(H,55,57)(H,58,63)/t35?,38?,43-,47-,48-,53?,54?/m0/s1. The van der Waals surface area contributed by atoms with E-state index in [2.05, 4.69) is 74.8 Å². The summed E-state index contributed by atoms with van der Waals surface area (Å²) in [6, 6.07) is 22.2. The maximum Gasteiger partial charge on any atom is 0.293 e. The number of benzene rings is 3. The van der Waals surface area contributed by atoms with E-state index >= 15 is 0 Å². The minimum Gasteiger partial charge on any atom is -0.468 e. The van der Waals surface area contributed by atoms with Crippen molar-refractivity contribution in [3.8, 4) is 5.88 Å². The number of nitrogens with zero attached hydrogens (tertiary/aromatic N) is 5. The van der Waals surface area contributed by atoms with Gasteiger partial charge in [0.2, 0.25) is 5.88 Å². The maximum absolute atomic E-state index is 14.8. The van der Waals surface area contributed by atoms with Crippen LogP contribution in [0.15, 0.2) is 83.9 Å². The smallest absolute Gasteiger partial charge is 0.293 e. The number of fused-ring (bicyclic) bond motifs is 3. The number of carbonyl (C=O) groups is 1. The molecule has 18 heteroatoms. The van der Waals surface area contributed by atoms with Gasteiger partial charge >= 0.3 is 0 Å². The van der Waals surface area contributed by atoms with Crippen molar-refractivity contribution >= 4 is 55.4 Å². The van der Waals surface area contributed by atoms with E-state index in [1.807, 2.05) is 37.4 Å². The van der Waals surface area contributed by atoms with Crippen LogP contribution in [0.4, 0.5) is 28.4 Å². The van der Waals surface area contributed by atoms with Gasteiger partial charge in [-0.2, -0.15) is 4.98 Å². The number of aliphatic hydroxyl groups is 1. The van der Waals surface area contributed by atoms with Gasteiger partial charge in [0.25, 0.3) is 21.6 Å². The van der Waals surface area contributed by atoms with Crippen LogP contribution < -0.4 is 24.6 Å². The Bertz CT molecular complexity index is 3000. The fraction of sp³-hybridized carbons (Fsp3) is 0.519. The molecule has 4 N–H and O–H groups in total. The lowest BCUT2D eigenvalue weighted by Gasteiger charge is -2.61. The number of aromatic amines is 1. The van der Waals surface area contributed by atoms with Crippen molar-refractivity contribution in [2.24, 2.45) is 11.3 Å². The molecule has 6 aliphatic rings. The summed E-state index contributed by atoms with van der Waals surface area (Å²) in [7, 11) is -4.63. The van der Waals surface area contributed by atoms with Gasteiger partial charge in [0, 0.05) is 61.2 Å². The third-order valence-electron chi connectivity index (χ3n) is 16.8. The molecule has 6 heterocycles. The van der Waals surface area contributed by atoms with Crippen LogP contribution in [0, 0.1) is 28.4 Å². The number of nitro groups is 1. The van der Waals surface area contributed by atoms with Gasteiger partial charge in [-0.1, -0.05) is 24.3 Å². The van der Waals surface area contributed by atoms with Crippen LogP contribution in [-0.2, 0) is 19.5 Å². The Morgan fingerprint density at radius 2 is 1.74 bits per heavy atom. The van der Waals surface area contributed by atoms with E-state index in [1.54, 1.807) is 6.07 Å². The molecule has 72 heavy (non-hydrogen) atoms. The summed E-state index contributed by atoms with van der Waals surface area (Å²) in [5.41, 5.74) is 4.36. The first-order chi connectivity index (χ1) is 34.5. The molecule has 3 atom stereocenters. The average molecular weight is 1000 g/mol. The highest BCUT2D eigenvalue weighted by Gasteiger charge is 2.54. The molecule has 5 fully saturated rings. The third-order valence-corrected chi connectivity index (χ3v) is 18.1. The predicted octanol–water partition coefficient (Wildman–Crippen LogP) is 8.54. The first kappa shape index (κ1) is 48.5. The minimum absolute atomic E-state index is 0.107. The Kier molecular flexibility index (Phi) is 12.5. The van der Waals surface area contributed by atoms with Gasteiger partial charge in [-0.25, -0.2) is 13.1 Å². The Morgan fingerprint density at radius 3 is 2.51 bits per heavy atom. The van der Waals surface area contributed by atoms with Crippen LogP contribution in [0.5, 0.6) is 5.88 Å². The second kappa shape index (κ2) is 18.6. The molecule has 11 rings (SSSR count). The molecule has 4 aliphatic heterocycles. The highest BCUT2D eigenvalue weighted by atomic mass is 32.2. The zero-order valence-corrected chi connectivity index (χ0v) is 42.4. The van der Waals surface area contributed by atoms with Crippen LogP contribution in [0.1, 0.15) is 106 Å². The van der Waals surface area contributed by atoms with Crippen molar-refractivity contribution in [2.45, 2.75) is 126 Å². The van der Waals surface area contributed by atoms with Gasteiger partial charge in [0.1, 0.15) is 23.1 Å². The van der Waals surface area contributed by atoms with E-state index in [1.165, 1.54) is 23.3 Å². The van der Waals surface area contributed by atoms with Crippen molar-refractivity contribution < 1.29 is 37.5 Å². The Balaban J connectivity index is 0.894. The summed E-state index contributed by atoms with van der Waals surface area (Å²) >= 11 is 0. The van der Waals surface area contributed by atoms with Gasteiger partial charge in [-0.05, 0) is 150 Å². The van der Waals surface area contributed by atoms with Crippen molar-refractivity contribution in [3.05, 3.63) is 106 Å². The number of nitro benzene ring substituents is 1. The molecule has 17 nitrogen and oxygen atoms in total. The molecule has 5 aromatic rings. The van der Waals surface area contributed by atoms with Crippen LogP contribution in [0.25, 0.3) is 11.0 Å². The Labute approximate surface area is 420 Å². The fourth-order valence-electron chi connectivity index (χ4n) is 13.0. The topological polar surface area (TPSA) is 205 Å². The summed E-state index contributed by atoms with van der Waals surface area (Å²) in [4.78, 5) is 41.4. The lowest BCUT2D eigenvalue weighted by Crippen LogP contribution is -2.62. The molecule has 382 valence electrons. The predicted molar refractivity (Wildman–Crippen MR) is 275 cm³/mol. The molecule has 1 spiro atoms. The number of amides is 1. The minimum atomic E-state index is -4.63. The van der Waals surface area contributed by atoms with E-state index in [9.17, 15) is 28.4 Å². The first-order valence-corrected chi connectivity index (χ1v) is 27.1. The van der Waals surface area contributed by atoms with E-state index in [0.717, 1.165) is 75.4 Å². The van der Waals surface area contributed by atoms with Crippen LogP contribution in [-0.4, -0.2) is 115 Å². The number of hydrogen-bond donors (Lipinski definition) is 4. The highest BCUT2D eigenvalue weighted by Crippen LogP contribution is 2.57. The molecule has 1 amide bonds. The average Bonchev–Trinajstić information content (AvgIpc) is 3.81. The van der Waals surface area contributed by atoms with Crippen molar-refractivity contribution in [3.63, 3.8) is 0 Å². The summed E-state index contributed by atoms with van der Waals surface area (Å²) in [6.07, 6.45) is 8.95. The number of sulfonamides is 1. The number of hydrogen-bond acceptors (Lipinski definition) is 14. The molecule has 3 aromatic carbocycles. The molecule has 2 saturated carbocycles. The largest absolute Gasteiger partial charge is 0.468 e. The lowest BCUT2D eigenvalue weighted by molar-refractivity contribution is -0.384. The molecule has 0 unspecified atom stereocenters. The Hall–Kier alpha value is -5.79. The second-order valence-corrected chi connectivity index (χ2v) is 23.9. The van der Waals surface area contributed by atoms with Gasteiger partial charge in [-0.3, -0.25) is 19.8 Å². The molecule has 2 aliphatic carbocycles. The molecule has 3 saturated heterocycles. The van der Waals surface area contributed by atoms with Crippen LogP contribution in [0.3, 0.4) is 0 Å². The number of rotatable bonds is 11. The molecule has 0 radical (unpaired) electrons. The number of H-pyrrole nitrogens is 1. The number of ether oxygens (including phenoxy) is 3. The quantitative estimate of drug-likeness (QED) is 0.0724.